The Labute approximate surface area is 207 Å². The zero-order chi connectivity index (χ0) is 24.0. The van der Waals surface area contributed by atoms with Gasteiger partial charge in [-0.1, -0.05) is 54.6 Å². The van der Waals surface area contributed by atoms with Gasteiger partial charge in [-0.15, -0.1) is 0 Å². The Hall–Kier alpha value is -3.18. The predicted molar refractivity (Wildman–Crippen MR) is 139 cm³/mol. The largest absolute Gasteiger partial charge is 0.376 e. The molecule has 2 aliphatic rings. The van der Waals surface area contributed by atoms with Gasteiger partial charge in [0.25, 0.3) is 0 Å². The van der Waals surface area contributed by atoms with Crippen molar-refractivity contribution in [1.82, 2.24) is 9.80 Å². The topological polar surface area (TPSA) is 35.6 Å². The van der Waals surface area contributed by atoms with E-state index >= 15 is 0 Å². The van der Waals surface area contributed by atoms with Crippen molar-refractivity contribution in [3.05, 3.63) is 101 Å². The minimum absolute atomic E-state index is 0.0692. The van der Waals surface area contributed by atoms with E-state index < -0.39 is 0 Å². The van der Waals surface area contributed by atoms with Crippen LogP contribution in [0.5, 0.6) is 0 Å². The summed E-state index contributed by atoms with van der Waals surface area (Å²) in [4.78, 5) is 17.8. The van der Waals surface area contributed by atoms with E-state index in [0.717, 1.165) is 42.2 Å². The summed E-state index contributed by atoms with van der Waals surface area (Å²) in [5.41, 5.74) is 5.95. The maximum absolute atomic E-state index is 13.3. The summed E-state index contributed by atoms with van der Waals surface area (Å²) >= 11 is 0. The molecule has 0 aromatic heterocycles. The molecule has 0 spiro atoms. The SMILES string of the molecule is O=C(CNc1cccc2c1CCN(CC1CC1)C2)N(CCc1ccc(F)cc1)Cc1ccccc1. The van der Waals surface area contributed by atoms with Crippen LogP contribution in [0, 0.1) is 11.7 Å². The molecule has 0 atom stereocenters. The minimum atomic E-state index is -0.239. The van der Waals surface area contributed by atoms with Crippen LogP contribution in [0.1, 0.15) is 35.1 Å². The molecule has 1 aliphatic heterocycles. The molecule has 3 aromatic carbocycles. The number of halogens is 1. The quantitative estimate of drug-likeness (QED) is 0.437. The number of nitrogens with zero attached hydrogens (tertiary/aromatic N) is 2. The van der Waals surface area contributed by atoms with Crippen molar-refractivity contribution in [3.63, 3.8) is 0 Å². The second-order valence-electron chi connectivity index (χ2n) is 9.90. The number of amides is 1. The summed E-state index contributed by atoms with van der Waals surface area (Å²) < 4.78 is 13.3. The van der Waals surface area contributed by atoms with Crippen molar-refractivity contribution in [2.24, 2.45) is 5.92 Å². The minimum Gasteiger partial charge on any atom is -0.376 e. The Kier molecular flexibility index (Phi) is 7.43. The van der Waals surface area contributed by atoms with Crippen molar-refractivity contribution >= 4 is 11.6 Å². The van der Waals surface area contributed by atoms with E-state index in [0.29, 0.717) is 19.5 Å². The standard InChI is InChI=1S/C30H34FN3O/c31-27-13-11-23(12-14-27)15-18-34(21-24-5-2-1-3-6-24)30(35)19-32-29-8-4-7-26-22-33(17-16-28(26)29)20-25-9-10-25/h1-8,11-14,25,32H,9-10,15-22H2. The molecular formula is C30H34FN3O. The first-order chi connectivity index (χ1) is 17.1. The fraction of sp³-hybridized carbons (Fsp3) is 0.367. The second-order valence-corrected chi connectivity index (χ2v) is 9.90. The van der Waals surface area contributed by atoms with Gasteiger partial charge in [-0.25, -0.2) is 4.39 Å². The van der Waals surface area contributed by atoms with Crippen LogP contribution in [0.2, 0.25) is 0 Å². The van der Waals surface area contributed by atoms with Crippen LogP contribution in [0.4, 0.5) is 10.1 Å². The van der Waals surface area contributed by atoms with Gasteiger partial charge >= 0.3 is 0 Å². The molecule has 35 heavy (non-hydrogen) atoms. The normalized spacial score (nSPS) is 15.5. The molecule has 0 radical (unpaired) electrons. The van der Waals surface area contributed by atoms with Gasteiger partial charge in [-0.3, -0.25) is 9.69 Å². The maximum Gasteiger partial charge on any atom is 0.242 e. The van der Waals surface area contributed by atoms with Gasteiger partial charge in [0.2, 0.25) is 5.91 Å². The Bertz CT molecular complexity index is 1130. The van der Waals surface area contributed by atoms with Crippen molar-refractivity contribution in [1.29, 1.82) is 0 Å². The van der Waals surface area contributed by atoms with Gasteiger partial charge in [0.15, 0.2) is 0 Å². The molecular weight excluding hydrogens is 437 g/mol. The van der Waals surface area contributed by atoms with Crippen molar-refractivity contribution < 1.29 is 9.18 Å². The lowest BCUT2D eigenvalue weighted by Gasteiger charge is -2.30. The van der Waals surface area contributed by atoms with E-state index in [-0.39, 0.29) is 18.3 Å². The van der Waals surface area contributed by atoms with Gasteiger partial charge in [0, 0.05) is 38.4 Å². The zero-order valence-corrected chi connectivity index (χ0v) is 20.3. The fourth-order valence-electron chi connectivity index (χ4n) is 4.95. The van der Waals surface area contributed by atoms with Crippen LogP contribution in [0.3, 0.4) is 0 Å². The molecule has 1 fully saturated rings. The van der Waals surface area contributed by atoms with Crippen LogP contribution in [-0.2, 0) is 30.7 Å². The highest BCUT2D eigenvalue weighted by molar-refractivity contribution is 5.81. The summed E-state index contributed by atoms with van der Waals surface area (Å²) in [6.45, 7) is 4.73. The van der Waals surface area contributed by atoms with Crippen molar-refractivity contribution in [2.45, 2.75) is 38.8 Å². The molecule has 1 N–H and O–H groups in total. The van der Waals surface area contributed by atoms with E-state index in [4.69, 9.17) is 0 Å². The lowest BCUT2D eigenvalue weighted by atomic mass is 9.97. The average Bonchev–Trinajstić information content (AvgIpc) is 3.70. The zero-order valence-electron chi connectivity index (χ0n) is 20.3. The van der Waals surface area contributed by atoms with E-state index in [1.165, 1.54) is 42.6 Å². The molecule has 0 saturated heterocycles. The predicted octanol–water partition coefficient (Wildman–Crippen LogP) is 5.28. The monoisotopic (exact) mass is 471 g/mol. The molecule has 3 aromatic rings. The van der Waals surface area contributed by atoms with Crippen LogP contribution >= 0.6 is 0 Å². The Morgan fingerprint density at radius 2 is 1.77 bits per heavy atom. The molecule has 5 heteroatoms. The molecule has 5 rings (SSSR count). The Balaban J connectivity index is 1.23. The lowest BCUT2D eigenvalue weighted by Crippen LogP contribution is -2.37. The van der Waals surface area contributed by atoms with Crippen molar-refractivity contribution in [2.75, 3.05) is 31.5 Å². The van der Waals surface area contributed by atoms with Gasteiger partial charge < -0.3 is 10.2 Å². The molecule has 1 heterocycles. The third-order valence-corrected chi connectivity index (χ3v) is 7.14. The van der Waals surface area contributed by atoms with Gasteiger partial charge in [0.1, 0.15) is 5.82 Å². The number of carbonyl (C=O) groups is 1. The van der Waals surface area contributed by atoms with Crippen LogP contribution in [0.25, 0.3) is 0 Å². The van der Waals surface area contributed by atoms with Crippen molar-refractivity contribution in [3.8, 4) is 0 Å². The number of hydrogen-bond donors (Lipinski definition) is 1. The van der Waals surface area contributed by atoms with Gasteiger partial charge in [0.05, 0.1) is 6.54 Å². The number of nitrogens with one attached hydrogen (secondary N) is 1. The summed E-state index contributed by atoms with van der Waals surface area (Å²) in [6.07, 6.45) is 4.48. The molecule has 0 bridgehead atoms. The highest BCUT2D eigenvalue weighted by Gasteiger charge is 2.27. The number of anilines is 1. The van der Waals surface area contributed by atoms with Crippen LogP contribution in [-0.4, -0.2) is 41.9 Å². The third-order valence-electron chi connectivity index (χ3n) is 7.14. The molecule has 1 saturated carbocycles. The first-order valence-electron chi connectivity index (χ1n) is 12.8. The fourth-order valence-corrected chi connectivity index (χ4v) is 4.95. The molecule has 0 unspecified atom stereocenters. The van der Waals surface area contributed by atoms with Gasteiger partial charge in [-0.05, 0) is 72.1 Å². The summed E-state index contributed by atoms with van der Waals surface area (Å²) in [6, 6.07) is 23.0. The highest BCUT2D eigenvalue weighted by Crippen LogP contribution is 2.32. The second kappa shape index (κ2) is 11.0. The number of rotatable bonds is 10. The summed E-state index contributed by atoms with van der Waals surface area (Å²) in [5, 5.41) is 3.45. The third kappa shape index (κ3) is 6.49. The van der Waals surface area contributed by atoms with E-state index in [9.17, 15) is 9.18 Å². The molecule has 4 nitrogen and oxygen atoms in total. The van der Waals surface area contributed by atoms with E-state index in [1.54, 1.807) is 12.1 Å². The lowest BCUT2D eigenvalue weighted by molar-refractivity contribution is -0.129. The summed E-state index contributed by atoms with van der Waals surface area (Å²) in [7, 11) is 0. The summed E-state index contributed by atoms with van der Waals surface area (Å²) in [5.74, 6) is 0.734. The van der Waals surface area contributed by atoms with E-state index in [1.807, 2.05) is 35.2 Å². The average molecular weight is 472 g/mol. The Morgan fingerprint density at radius 3 is 2.54 bits per heavy atom. The first kappa shape index (κ1) is 23.6. The number of fused-ring (bicyclic) bond motifs is 1. The number of benzene rings is 3. The van der Waals surface area contributed by atoms with Crippen LogP contribution in [0.15, 0.2) is 72.8 Å². The van der Waals surface area contributed by atoms with Crippen LogP contribution < -0.4 is 5.32 Å². The highest BCUT2D eigenvalue weighted by atomic mass is 19.1. The number of carbonyl (C=O) groups excluding carboxylic acids is 1. The first-order valence-corrected chi connectivity index (χ1v) is 12.8. The molecule has 1 aliphatic carbocycles. The number of hydrogen-bond acceptors (Lipinski definition) is 3. The molecule has 1 amide bonds. The molecule has 182 valence electrons. The Morgan fingerprint density at radius 1 is 0.971 bits per heavy atom. The van der Waals surface area contributed by atoms with Gasteiger partial charge in [-0.2, -0.15) is 0 Å². The maximum atomic E-state index is 13.3. The van der Waals surface area contributed by atoms with E-state index in [2.05, 4.69) is 28.4 Å². The smallest absolute Gasteiger partial charge is 0.242 e.